The summed E-state index contributed by atoms with van der Waals surface area (Å²) in [6.45, 7) is 3.27. The quantitative estimate of drug-likeness (QED) is 0.810. The highest BCUT2D eigenvalue weighted by Gasteiger charge is 2.30. The first-order chi connectivity index (χ1) is 13.8. The Labute approximate surface area is 169 Å². The number of carbonyl (C=O) groups is 3. The van der Waals surface area contributed by atoms with Gasteiger partial charge in [0, 0.05) is 25.1 Å². The Hall–Kier alpha value is -3.66. The summed E-state index contributed by atoms with van der Waals surface area (Å²) in [7, 11) is 1.70. The molecule has 2 amide bonds. The molecule has 1 unspecified atom stereocenters. The molecule has 0 saturated carbocycles. The molecule has 0 radical (unpaired) electrons. The number of benzene rings is 2. The molecule has 0 spiro atoms. The second kappa shape index (κ2) is 8.15. The van der Waals surface area contributed by atoms with E-state index in [1.165, 1.54) is 6.92 Å². The zero-order chi connectivity index (χ0) is 21.1. The minimum absolute atomic E-state index is 0.0110. The Kier molecular flexibility index (Phi) is 5.64. The topological polar surface area (TPSA) is 93.5 Å². The van der Waals surface area contributed by atoms with Crippen LogP contribution in [0.2, 0.25) is 0 Å². The molecular weight excluding hydrogens is 368 g/mol. The van der Waals surface area contributed by atoms with Gasteiger partial charge in [0.2, 0.25) is 11.8 Å². The Balaban J connectivity index is 1.92. The molecule has 0 fully saturated rings. The lowest BCUT2D eigenvalue weighted by Gasteiger charge is -2.30. The summed E-state index contributed by atoms with van der Waals surface area (Å²) in [5, 5.41) is 12.2. The molecule has 3 rings (SSSR count). The van der Waals surface area contributed by atoms with E-state index in [0.717, 1.165) is 0 Å². The lowest BCUT2D eigenvalue weighted by Crippen LogP contribution is -2.44. The molecule has 1 aliphatic heterocycles. The minimum atomic E-state index is -0.321. The lowest BCUT2D eigenvalue weighted by molar-refractivity contribution is -0.118. The molecule has 2 aromatic carbocycles. The predicted octanol–water partition coefficient (Wildman–Crippen LogP) is 2.96. The Bertz CT molecular complexity index is 1020. The molecular formula is C22H22N4O3. The molecule has 2 aromatic rings. The number of Topliss-reactive ketones (excluding diaryl/α,β-unsaturated/α-hetero) is 1. The molecule has 0 bridgehead atoms. The highest BCUT2D eigenvalue weighted by molar-refractivity contribution is 6.05. The normalized spacial score (nSPS) is 15.6. The molecule has 148 valence electrons. The molecule has 1 heterocycles. The Morgan fingerprint density at radius 2 is 2.00 bits per heavy atom. The third kappa shape index (κ3) is 4.11. The average Bonchev–Trinajstić information content (AvgIpc) is 2.81. The largest absolute Gasteiger partial charge is 0.364 e. The summed E-state index contributed by atoms with van der Waals surface area (Å²) in [6.07, 6.45) is 0.188. The van der Waals surface area contributed by atoms with Gasteiger partial charge in [0.15, 0.2) is 5.78 Å². The molecule has 0 aromatic heterocycles. The van der Waals surface area contributed by atoms with Crippen molar-refractivity contribution < 1.29 is 14.4 Å². The van der Waals surface area contributed by atoms with Crippen LogP contribution in [0.3, 0.4) is 0 Å². The van der Waals surface area contributed by atoms with Crippen molar-refractivity contribution in [3.05, 3.63) is 53.6 Å². The number of likely N-dealkylation sites (N-methyl/N-ethyl adjacent to an activating group) is 1. The van der Waals surface area contributed by atoms with Crippen LogP contribution in [0.25, 0.3) is 0 Å². The van der Waals surface area contributed by atoms with Crippen LogP contribution in [0, 0.1) is 11.3 Å². The van der Waals surface area contributed by atoms with Gasteiger partial charge in [-0.2, -0.15) is 5.26 Å². The van der Waals surface area contributed by atoms with Crippen LogP contribution >= 0.6 is 0 Å². The smallest absolute Gasteiger partial charge is 0.246 e. The van der Waals surface area contributed by atoms with Gasteiger partial charge in [-0.15, -0.1) is 0 Å². The standard InChI is InChI=1S/C22H22N4O3/c1-14-10-21(28)24-18-6-4-5-7-19(18)26(14)22(29)13-25(3)20-11-16(15(2)27)8-9-17(20)12-23/h4-9,11,14H,10,13H2,1-3H3,(H,24,28). The second-order valence-electron chi connectivity index (χ2n) is 7.14. The van der Waals surface area contributed by atoms with Crippen molar-refractivity contribution in [2.45, 2.75) is 26.3 Å². The van der Waals surface area contributed by atoms with Crippen LogP contribution in [-0.2, 0) is 9.59 Å². The number of nitriles is 1. The van der Waals surface area contributed by atoms with Crippen LogP contribution in [0.5, 0.6) is 0 Å². The maximum atomic E-state index is 13.2. The van der Waals surface area contributed by atoms with E-state index in [1.807, 2.05) is 13.0 Å². The van der Waals surface area contributed by atoms with Gasteiger partial charge >= 0.3 is 0 Å². The Morgan fingerprint density at radius 3 is 2.69 bits per heavy atom. The monoisotopic (exact) mass is 390 g/mol. The van der Waals surface area contributed by atoms with Gasteiger partial charge in [-0.05, 0) is 44.2 Å². The first kappa shape index (κ1) is 20.1. The van der Waals surface area contributed by atoms with Crippen LogP contribution in [0.1, 0.15) is 36.2 Å². The summed E-state index contributed by atoms with van der Waals surface area (Å²) in [5.41, 5.74) is 2.60. The number of para-hydroxylation sites is 2. The predicted molar refractivity (Wildman–Crippen MR) is 111 cm³/mol. The van der Waals surface area contributed by atoms with E-state index in [-0.39, 0.29) is 36.6 Å². The van der Waals surface area contributed by atoms with Crippen LogP contribution in [-0.4, -0.2) is 37.2 Å². The van der Waals surface area contributed by atoms with Crippen LogP contribution in [0.15, 0.2) is 42.5 Å². The Morgan fingerprint density at radius 1 is 1.28 bits per heavy atom. The summed E-state index contributed by atoms with van der Waals surface area (Å²) in [6, 6.07) is 13.8. The molecule has 1 atom stereocenters. The van der Waals surface area contributed by atoms with Gasteiger partial charge < -0.3 is 15.1 Å². The van der Waals surface area contributed by atoms with Crippen LogP contribution in [0.4, 0.5) is 17.1 Å². The van der Waals surface area contributed by atoms with Gasteiger partial charge in [-0.25, -0.2) is 0 Å². The molecule has 0 aliphatic carbocycles. The van der Waals surface area contributed by atoms with E-state index in [4.69, 9.17) is 0 Å². The highest BCUT2D eigenvalue weighted by Crippen LogP contribution is 2.31. The van der Waals surface area contributed by atoms with Gasteiger partial charge in [0.05, 0.1) is 29.2 Å². The summed E-state index contributed by atoms with van der Waals surface area (Å²) >= 11 is 0. The van der Waals surface area contributed by atoms with Crippen molar-refractivity contribution in [2.24, 2.45) is 0 Å². The van der Waals surface area contributed by atoms with Gasteiger partial charge in [-0.1, -0.05) is 12.1 Å². The average molecular weight is 390 g/mol. The minimum Gasteiger partial charge on any atom is -0.364 e. The van der Waals surface area contributed by atoms with E-state index in [9.17, 15) is 19.6 Å². The van der Waals surface area contributed by atoms with Crippen molar-refractivity contribution in [3.8, 4) is 6.07 Å². The zero-order valence-corrected chi connectivity index (χ0v) is 16.6. The van der Waals surface area contributed by atoms with E-state index in [0.29, 0.717) is 28.2 Å². The van der Waals surface area contributed by atoms with E-state index >= 15 is 0 Å². The molecule has 7 heteroatoms. The van der Waals surface area contributed by atoms with E-state index in [2.05, 4.69) is 11.4 Å². The second-order valence-corrected chi connectivity index (χ2v) is 7.14. The fourth-order valence-corrected chi connectivity index (χ4v) is 3.49. The molecule has 7 nitrogen and oxygen atoms in total. The third-order valence-electron chi connectivity index (χ3n) is 4.94. The number of carbonyl (C=O) groups excluding carboxylic acids is 3. The molecule has 0 saturated heterocycles. The number of rotatable bonds is 4. The van der Waals surface area contributed by atoms with Crippen molar-refractivity contribution in [3.63, 3.8) is 0 Å². The lowest BCUT2D eigenvalue weighted by atomic mass is 10.1. The molecule has 1 N–H and O–H groups in total. The van der Waals surface area contributed by atoms with Crippen molar-refractivity contribution in [2.75, 3.05) is 28.7 Å². The van der Waals surface area contributed by atoms with Gasteiger partial charge in [-0.3, -0.25) is 14.4 Å². The third-order valence-corrected chi connectivity index (χ3v) is 4.94. The molecule has 29 heavy (non-hydrogen) atoms. The van der Waals surface area contributed by atoms with Crippen LogP contribution < -0.4 is 15.1 Å². The van der Waals surface area contributed by atoms with Crippen molar-refractivity contribution in [1.29, 1.82) is 5.26 Å². The number of amides is 2. The zero-order valence-electron chi connectivity index (χ0n) is 16.6. The number of hydrogen-bond acceptors (Lipinski definition) is 5. The first-order valence-electron chi connectivity index (χ1n) is 9.29. The number of hydrogen-bond donors (Lipinski definition) is 1. The SMILES string of the molecule is CC(=O)c1ccc(C#N)c(N(C)CC(=O)N2c3ccccc3NC(=O)CC2C)c1. The number of anilines is 3. The summed E-state index contributed by atoms with van der Waals surface area (Å²) in [4.78, 5) is 40.3. The fourth-order valence-electron chi connectivity index (χ4n) is 3.49. The highest BCUT2D eigenvalue weighted by atomic mass is 16.2. The van der Waals surface area contributed by atoms with Crippen molar-refractivity contribution in [1.82, 2.24) is 0 Å². The maximum Gasteiger partial charge on any atom is 0.246 e. The van der Waals surface area contributed by atoms with E-state index in [1.54, 1.807) is 53.2 Å². The number of ketones is 1. The van der Waals surface area contributed by atoms with Gasteiger partial charge in [0.1, 0.15) is 6.07 Å². The number of nitrogens with one attached hydrogen (secondary N) is 1. The number of nitrogens with zero attached hydrogens (tertiary/aromatic N) is 3. The number of fused-ring (bicyclic) bond motifs is 1. The van der Waals surface area contributed by atoms with Crippen molar-refractivity contribution >= 4 is 34.7 Å². The van der Waals surface area contributed by atoms with Gasteiger partial charge in [0.25, 0.3) is 0 Å². The first-order valence-corrected chi connectivity index (χ1v) is 9.29. The summed E-state index contributed by atoms with van der Waals surface area (Å²) in [5.74, 6) is -0.467. The summed E-state index contributed by atoms with van der Waals surface area (Å²) < 4.78 is 0. The fraction of sp³-hybridized carbons (Fsp3) is 0.273. The maximum absolute atomic E-state index is 13.2. The molecule has 1 aliphatic rings. The van der Waals surface area contributed by atoms with E-state index < -0.39 is 0 Å².